The molecule has 0 saturated carbocycles. The summed E-state index contributed by atoms with van der Waals surface area (Å²) in [4.78, 5) is 2.31. The highest BCUT2D eigenvalue weighted by atomic mass is 15.1. The van der Waals surface area contributed by atoms with Crippen LogP contribution in [0.4, 0.5) is 11.4 Å². The minimum atomic E-state index is 0.976. The lowest BCUT2D eigenvalue weighted by atomic mass is 9.90. The van der Waals surface area contributed by atoms with Crippen LogP contribution in [0.5, 0.6) is 0 Å². The molecule has 0 aromatic heterocycles. The molecule has 7 rings (SSSR count). The topological polar surface area (TPSA) is 3.24 Å². The molecule has 1 heterocycles. The summed E-state index contributed by atoms with van der Waals surface area (Å²) < 4.78 is 0. The van der Waals surface area contributed by atoms with Gasteiger partial charge in [-0.3, -0.25) is 0 Å². The van der Waals surface area contributed by atoms with Crippen molar-refractivity contribution < 1.29 is 0 Å². The molecule has 39 heavy (non-hydrogen) atoms. The van der Waals surface area contributed by atoms with E-state index in [1.807, 2.05) is 0 Å². The molecule has 0 atom stereocenters. The van der Waals surface area contributed by atoms with Crippen LogP contribution in [0.25, 0.3) is 27.8 Å². The number of anilines is 2. The van der Waals surface area contributed by atoms with Gasteiger partial charge in [0.05, 0.1) is 5.69 Å². The van der Waals surface area contributed by atoms with Gasteiger partial charge in [-0.2, -0.15) is 0 Å². The summed E-state index contributed by atoms with van der Waals surface area (Å²) in [6, 6.07) is 32.8. The summed E-state index contributed by atoms with van der Waals surface area (Å²) in [5.74, 6) is 0. The predicted octanol–water partition coefficient (Wildman–Crippen LogP) is 9.85. The monoisotopic (exact) mass is 499 g/mol. The Morgan fingerprint density at radius 2 is 1.44 bits per heavy atom. The molecular formula is C38H29N. The lowest BCUT2D eigenvalue weighted by molar-refractivity contribution is 1.23. The summed E-state index contributed by atoms with van der Waals surface area (Å²) in [6.45, 7) is 8.86. The summed E-state index contributed by atoms with van der Waals surface area (Å²) in [7, 11) is 0. The van der Waals surface area contributed by atoms with E-state index in [1.54, 1.807) is 0 Å². The van der Waals surface area contributed by atoms with Gasteiger partial charge >= 0.3 is 0 Å². The lowest BCUT2D eigenvalue weighted by Gasteiger charge is -2.28. The van der Waals surface area contributed by atoms with E-state index in [4.69, 9.17) is 0 Å². The molecule has 186 valence electrons. The van der Waals surface area contributed by atoms with E-state index < -0.39 is 0 Å². The fourth-order valence-electron chi connectivity index (χ4n) is 6.12. The summed E-state index contributed by atoms with van der Waals surface area (Å²) >= 11 is 0. The van der Waals surface area contributed by atoms with E-state index in [2.05, 4.69) is 146 Å². The van der Waals surface area contributed by atoms with Gasteiger partial charge in [0.15, 0.2) is 0 Å². The highest BCUT2D eigenvalue weighted by Crippen LogP contribution is 2.43. The third-order valence-electron chi connectivity index (χ3n) is 8.13. The Labute approximate surface area is 230 Å². The number of hydrogen-bond acceptors (Lipinski definition) is 1. The van der Waals surface area contributed by atoms with Crippen molar-refractivity contribution in [3.8, 4) is 11.1 Å². The third-order valence-corrected chi connectivity index (χ3v) is 8.13. The van der Waals surface area contributed by atoms with Gasteiger partial charge in [0.25, 0.3) is 0 Å². The zero-order chi connectivity index (χ0) is 26.5. The fourth-order valence-corrected chi connectivity index (χ4v) is 6.12. The third kappa shape index (κ3) is 3.87. The number of nitrogens with zero attached hydrogens (tertiary/aromatic N) is 1. The van der Waals surface area contributed by atoms with Gasteiger partial charge in [-0.15, -0.1) is 5.73 Å². The molecular weight excluding hydrogens is 470 g/mol. The molecule has 1 heteroatoms. The minimum absolute atomic E-state index is 0.976. The van der Waals surface area contributed by atoms with E-state index >= 15 is 0 Å². The van der Waals surface area contributed by atoms with Gasteiger partial charge in [0, 0.05) is 17.5 Å². The maximum Gasteiger partial charge on any atom is 0.0533 e. The number of hydrogen-bond donors (Lipinski definition) is 0. The maximum atomic E-state index is 4.49. The number of aryl methyl sites for hydroxylation is 1. The largest absolute Gasteiger partial charge is 0.316 e. The van der Waals surface area contributed by atoms with Crippen molar-refractivity contribution in [1.82, 2.24) is 0 Å². The van der Waals surface area contributed by atoms with Crippen LogP contribution >= 0.6 is 0 Å². The number of allylic oxidation sites excluding steroid dienone is 7. The number of rotatable bonds is 3. The van der Waals surface area contributed by atoms with Crippen molar-refractivity contribution in [2.24, 2.45) is 0 Å². The fraction of sp³-hybridized carbons (Fsp3) is 0.0789. The second kappa shape index (κ2) is 9.17. The Morgan fingerprint density at radius 3 is 2.26 bits per heavy atom. The molecule has 0 N–H and O–H groups in total. The number of para-hydroxylation sites is 1. The van der Waals surface area contributed by atoms with E-state index in [-0.39, 0.29) is 0 Å². The second-order valence-corrected chi connectivity index (χ2v) is 10.5. The van der Waals surface area contributed by atoms with Crippen LogP contribution in [-0.4, -0.2) is 0 Å². The van der Waals surface area contributed by atoms with E-state index in [0.29, 0.717) is 0 Å². The molecule has 1 aliphatic heterocycles. The van der Waals surface area contributed by atoms with Crippen molar-refractivity contribution >= 4 is 28.1 Å². The molecule has 4 aromatic carbocycles. The van der Waals surface area contributed by atoms with Crippen LogP contribution in [-0.2, 0) is 6.42 Å². The van der Waals surface area contributed by atoms with Crippen molar-refractivity contribution in [1.29, 1.82) is 0 Å². The van der Waals surface area contributed by atoms with Crippen molar-refractivity contribution in [2.75, 3.05) is 4.90 Å². The normalized spacial score (nSPS) is 18.1. The molecule has 1 nitrogen and oxygen atoms in total. The summed E-state index contributed by atoms with van der Waals surface area (Å²) in [5.41, 5.74) is 20.6. The quantitative estimate of drug-likeness (QED) is 0.254. The molecule has 0 radical (unpaired) electrons. The molecule has 3 aliphatic rings. The second-order valence-electron chi connectivity index (χ2n) is 10.5. The molecule has 2 aliphatic carbocycles. The van der Waals surface area contributed by atoms with Crippen LogP contribution in [0.3, 0.4) is 0 Å². The maximum absolute atomic E-state index is 4.49. The van der Waals surface area contributed by atoms with Crippen LogP contribution in [0.1, 0.15) is 34.7 Å². The Balaban J connectivity index is 1.31. The van der Waals surface area contributed by atoms with Crippen LogP contribution < -0.4 is 4.90 Å². The highest BCUT2D eigenvalue weighted by molar-refractivity contribution is 5.96. The lowest BCUT2D eigenvalue weighted by Crippen LogP contribution is -2.13. The zero-order valence-electron chi connectivity index (χ0n) is 22.3. The van der Waals surface area contributed by atoms with Gasteiger partial charge < -0.3 is 4.90 Å². The Bertz CT molecular complexity index is 1830. The van der Waals surface area contributed by atoms with Gasteiger partial charge in [-0.25, -0.2) is 0 Å². The van der Waals surface area contributed by atoms with Crippen molar-refractivity contribution in [3.63, 3.8) is 0 Å². The zero-order valence-corrected chi connectivity index (χ0v) is 22.3. The van der Waals surface area contributed by atoms with Gasteiger partial charge in [0.1, 0.15) is 0 Å². The number of fused-ring (bicyclic) bond motifs is 3. The predicted molar refractivity (Wildman–Crippen MR) is 166 cm³/mol. The van der Waals surface area contributed by atoms with Crippen LogP contribution in [0, 0.1) is 6.92 Å². The van der Waals surface area contributed by atoms with Crippen LogP contribution in [0.2, 0.25) is 0 Å². The first-order valence-corrected chi connectivity index (χ1v) is 13.5. The molecule has 0 unspecified atom stereocenters. The molecule has 0 spiro atoms. The standard InChI is InChI=1S/C38H29N/c1-25-10-4-5-12-31(25)36-22-26(2)32-13-6-7-17-38(32)39(24-27(36)3)30-20-18-28(19-21-30)33-15-9-16-35-34-14-8-11-29(34)23-37(33)35/h4-7,9-22,24H,2,23H2,1,3H3/b27-24-,36-22+. The van der Waals surface area contributed by atoms with Crippen molar-refractivity contribution in [3.05, 3.63) is 167 Å². The molecule has 0 amide bonds. The molecule has 0 bridgehead atoms. The highest BCUT2D eigenvalue weighted by Gasteiger charge is 2.24. The minimum Gasteiger partial charge on any atom is -0.316 e. The molecule has 0 fully saturated rings. The summed E-state index contributed by atoms with van der Waals surface area (Å²) in [6.07, 6.45) is 9.73. The Kier molecular flexibility index (Phi) is 5.48. The summed E-state index contributed by atoms with van der Waals surface area (Å²) in [5, 5.41) is 0. The van der Waals surface area contributed by atoms with E-state index in [1.165, 1.54) is 55.7 Å². The van der Waals surface area contributed by atoms with Gasteiger partial charge in [-0.1, -0.05) is 79.4 Å². The Hall–Kier alpha value is -4.84. The first-order valence-electron chi connectivity index (χ1n) is 13.5. The number of benzene rings is 4. The van der Waals surface area contributed by atoms with E-state index in [0.717, 1.165) is 28.9 Å². The van der Waals surface area contributed by atoms with E-state index in [9.17, 15) is 0 Å². The van der Waals surface area contributed by atoms with Crippen molar-refractivity contribution in [2.45, 2.75) is 20.3 Å². The SMILES string of the molecule is C=C1/C=C(c2ccccc2C)\C(C)=C/N(c2ccc(-c3cccc4c3CC3=C4C=C=C3)cc2)c2ccccc21. The van der Waals surface area contributed by atoms with Gasteiger partial charge in [0.2, 0.25) is 0 Å². The first-order chi connectivity index (χ1) is 19.1. The smallest absolute Gasteiger partial charge is 0.0533 e. The molecule has 0 saturated heterocycles. The average Bonchev–Trinajstić information content (AvgIpc) is 3.56. The Morgan fingerprint density at radius 1 is 0.718 bits per heavy atom. The first kappa shape index (κ1) is 23.3. The van der Waals surface area contributed by atoms with Gasteiger partial charge in [-0.05, 0) is 118 Å². The van der Waals surface area contributed by atoms with Crippen LogP contribution in [0.15, 0.2) is 139 Å². The molecule has 4 aromatic rings. The average molecular weight is 500 g/mol.